The molecule has 0 amide bonds. The Morgan fingerprint density at radius 3 is 2.19 bits per heavy atom. The first-order chi connectivity index (χ1) is 10.3. The summed E-state index contributed by atoms with van der Waals surface area (Å²) < 4.78 is 11.3. The van der Waals surface area contributed by atoms with E-state index in [2.05, 4.69) is 12.1 Å². The molecule has 2 aromatic rings. The summed E-state index contributed by atoms with van der Waals surface area (Å²) in [5.41, 5.74) is 7.42. The molecule has 1 unspecified atom stereocenters. The van der Waals surface area contributed by atoms with Gasteiger partial charge >= 0.3 is 0 Å². The Balaban J connectivity index is 1.79. The molecule has 0 heterocycles. The third kappa shape index (κ3) is 5.12. The number of para-hydroxylation sites is 2. The summed E-state index contributed by atoms with van der Waals surface area (Å²) in [6, 6.07) is 18.1. The molecule has 3 nitrogen and oxygen atoms in total. The number of ether oxygens (including phenoxy) is 2. The maximum Gasteiger partial charge on any atom is 0.161 e. The molecule has 2 N–H and O–H groups in total. The molecule has 0 aliphatic rings. The fourth-order valence-electron chi connectivity index (χ4n) is 2.18. The van der Waals surface area contributed by atoms with Gasteiger partial charge in [-0.15, -0.1) is 0 Å². The molecule has 0 saturated carbocycles. The normalized spacial score (nSPS) is 11.9. The average molecular weight is 285 g/mol. The van der Waals surface area contributed by atoms with Gasteiger partial charge in [0.1, 0.15) is 0 Å². The van der Waals surface area contributed by atoms with Gasteiger partial charge in [0.25, 0.3) is 0 Å². The van der Waals surface area contributed by atoms with Crippen LogP contribution in [-0.2, 0) is 6.42 Å². The van der Waals surface area contributed by atoms with Crippen molar-refractivity contribution in [2.75, 3.05) is 13.2 Å². The second-order valence-electron chi connectivity index (χ2n) is 4.97. The van der Waals surface area contributed by atoms with Crippen LogP contribution in [0.3, 0.4) is 0 Å². The topological polar surface area (TPSA) is 44.5 Å². The van der Waals surface area contributed by atoms with Crippen molar-refractivity contribution < 1.29 is 9.47 Å². The number of benzene rings is 2. The number of rotatable bonds is 8. The lowest BCUT2D eigenvalue weighted by atomic mass is 10.0. The number of hydrogen-bond acceptors (Lipinski definition) is 3. The summed E-state index contributed by atoms with van der Waals surface area (Å²) in [7, 11) is 0. The van der Waals surface area contributed by atoms with Gasteiger partial charge in [-0.1, -0.05) is 42.5 Å². The molecule has 112 valence electrons. The van der Waals surface area contributed by atoms with E-state index in [1.807, 2.05) is 49.4 Å². The molecule has 0 fully saturated rings. The minimum absolute atomic E-state index is 0.103. The van der Waals surface area contributed by atoms with Gasteiger partial charge in [0.15, 0.2) is 11.5 Å². The minimum Gasteiger partial charge on any atom is -0.490 e. The summed E-state index contributed by atoms with van der Waals surface area (Å²) in [5, 5.41) is 0. The first kappa shape index (κ1) is 15.4. The lowest BCUT2D eigenvalue weighted by Gasteiger charge is -2.14. The standard InChI is InChI=1S/C18H23NO2/c1-2-20-17-10-6-7-11-18(17)21-13-12-16(19)14-15-8-4-3-5-9-15/h3-11,16H,2,12-14,19H2,1H3. The van der Waals surface area contributed by atoms with Crippen LogP contribution in [0.4, 0.5) is 0 Å². The van der Waals surface area contributed by atoms with E-state index in [1.165, 1.54) is 5.56 Å². The zero-order chi connectivity index (χ0) is 14.9. The van der Waals surface area contributed by atoms with Gasteiger partial charge in [-0.05, 0) is 37.5 Å². The molecule has 0 saturated heterocycles. The van der Waals surface area contributed by atoms with Crippen LogP contribution in [0.15, 0.2) is 54.6 Å². The van der Waals surface area contributed by atoms with Gasteiger partial charge in [-0.3, -0.25) is 0 Å². The summed E-state index contributed by atoms with van der Waals surface area (Å²) in [5.74, 6) is 1.57. The van der Waals surface area contributed by atoms with Crippen LogP contribution in [0.1, 0.15) is 18.9 Å². The van der Waals surface area contributed by atoms with Gasteiger partial charge in [-0.2, -0.15) is 0 Å². The highest BCUT2D eigenvalue weighted by Gasteiger charge is 2.07. The van der Waals surface area contributed by atoms with E-state index in [1.54, 1.807) is 0 Å². The third-order valence-corrected chi connectivity index (χ3v) is 3.24. The first-order valence-corrected chi connectivity index (χ1v) is 7.43. The summed E-state index contributed by atoms with van der Waals surface area (Å²) in [6.45, 7) is 3.19. The van der Waals surface area contributed by atoms with Crippen molar-refractivity contribution in [1.82, 2.24) is 0 Å². The Morgan fingerprint density at radius 1 is 0.905 bits per heavy atom. The molecule has 2 aromatic carbocycles. The van der Waals surface area contributed by atoms with E-state index < -0.39 is 0 Å². The zero-order valence-corrected chi connectivity index (χ0v) is 12.5. The smallest absolute Gasteiger partial charge is 0.161 e. The third-order valence-electron chi connectivity index (χ3n) is 3.24. The Kier molecular flexibility index (Phi) is 6.10. The lowest BCUT2D eigenvalue weighted by Crippen LogP contribution is -2.25. The van der Waals surface area contributed by atoms with Gasteiger partial charge < -0.3 is 15.2 Å². The predicted octanol–water partition coefficient (Wildman–Crippen LogP) is 3.42. The highest BCUT2D eigenvalue weighted by Crippen LogP contribution is 2.26. The van der Waals surface area contributed by atoms with Crippen LogP contribution < -0.4 is 15.2 Å². The summed E-state index contributed by atoms with van der Waals surface area (Å²) >= 11 is 0. The average Bonchev–Trinajstić information content (AvgIpc) is 2.50. The fraction of sp³-hybridized carbons (Fsp3) is 0.333. The van der Waals surface area contributed by atoms with Crippen molar-refractivity contribution >= 4 is 0 Å². The van der Waals surface area contributed by atoms with Gasteiger partial charge in [0, 0.05) is 6.04 Å². The van der Waals surface area contributed by atoms with Crippen LogP contribution >= 0.6 is 0 Å². The molecule has 21 heavy (non-hydrogen) atoms. The molecular weight excluding hydrogens is 262 g/mol. The quantitative estimate of drug-likeness (QED) is 0.808. The maximum absolute atomic E-state index is 6.16. The maximum atomic E-state index is 6.16. The van der Waals surface area contributed by atoms with E-state index in [0.717, 1.165) is 24.3 Å². The number of nitrogens with two attached hydrogens (primary N) is 1. The largest absolute Gasteiger partial charge is 0.490 e. The second-order valence-corrected chi connectivity index (χ2v) is 4.97. The lowest BCUT2D eigenvalue weighted by molar-refractivity contribution is 0.266. The van der Waals surface area contributed by atoms with Crippen molar-refractivity contribution in [2.45, 2.75) is 25.8 Å². The van der Waals surface area contributed by atoms with Crippen molar-refractivity contribution in [2.24, 2.45) is 5.73 Å². The molecule has 3 heteroatoms. The first-order valence-electron chi connectivity index (χ1n) is 7.43. The Morgan fingerprint density at radius 2 is 1.52 bits per heavy atom. The van der Waals surface area contributed by atoms with Crippen LogP contribution in [0, 0.1) is 0 Å². The SMILES string of the molecule is CCOc1ccccc1OCCC(N)Cc1ccccc1. The zero-order valence-electron chi connectivity index (χ0n) is 12.5. The highest BCUT2D eigenvalue weighted by molar-refractivity contribution is 5.39. The Labute approximate surface area is 126 Å². The highest BCUT2D eigenvalue weighted by atomic mass is 16.5. The molecule has 1 atom stereocenters. The van der Waals surface area contributed by atoms with Gasteiger partial charge in [0.05, 0.1) is 13.2 Å². The molecule has 0 spiro atoms. The van der Waals surface area contributed by atoms with E-state index in [9.17, 15) is 0 Å². The van der Waals surface area contributed by atoms with E-state index >= 15 is 0 Å². The van der Waals surface area contributed by atoms with Crippen molar-refractivity contribution in [3.05, 3.63) is 60.2 Å². The Bertz CT molecular complexity index is 528. The van der Waals surface area contributed by atoms with Crippen molar-refractivity contribution in [3.8, 4) is 11.5 Å². The monoisotopic (exact) mass is 285 g/mol. The van der Waals surface area contributed by atoms with Crippen molar-refractivity contribution in [1.29, 1.82) is 0 Å². The molecule has 0 aliphatic carbocycles. The molecule has 0 aliphatic heterocycles. The van der Waals surface area contributed by atoms with Crippen molar-refractivity contribution in [3.63, 3.8) is 0 Å². The summed E-state index contributed by atoms with van der Waals surface area (Å²) in [4.78, 5) is 0. The van der Waals surface area contributed by atoms with E-state index in [0.29, 0.717) is 13.2 Å². The van der Waals surface area contributed by atoms with E-state index in [-0.39, 0.29) is 6.04 Å². The fourth-order valence-corrected chi connectivity index (χ4v) is 2.18. The number of hydrogen-bond donors (Lipinski definition) is 1. The van der Waals surface area contributed by atoms with Crippen LogP contribution in [-0.4, -0.2) is 19.3 Å². The molecule has 2 rings (SSSR count). The van der Waals surface area contributed by atoms with Crippen LogP contribution in [0.2, 0.25) is 0 Å². The van der Waals surface area contributed by atoms with Gasteiger partial charge in [-0.25, -0.2) is 0 Å². The summed E-state index contributed by atoms with van der Waals surface area (Å²) in [6.07, 6.45) is 1.69. The predicted molar refractivity (Wildman–Crippen MR) is 85.8 cm³/mol. The second kappa shape index (κ2) is 8.32. The van der Waals surface area contributed by atoms with Crippen LogP contribution in [0.25, 0.3) is 0 Å². The molecular formula is C18H23NO2. The molecule has 0 aromatic heterocycles. The molecule has 0 radical (unpaired) electrons. The van der Waals surface area contributed by atoms with E-state index in [4.69, 9.17) is 15.2 Å². The Hall–Kier alpha value is -2.00. The minimum atomic E-state index is 0.103. The molecule has 0 bridgehead atoms. The van der Waals surface area contributed by atoms with Crippen LogP contribution in [0.5, 0.6) is 11.5 Å². The van der Waals surface area contributed by atoms with Gasteiger partial charge in [0.2, 0.25) is 0 Å².